The van der Waals surface area contributed by atoms with Crippen LogP contribution in [-0.2, 0) is 15.3 Å². The Labute approximate surface area is 210 Å². The summed E-state index contributed by atoms with van der Waals surface area (Å²) in [4.78, 5) is 23.8. The number of halogens is 3. The molecule has 3 aromatic rings. The zero-order chi connectivity index (χ0) is 26.3. The third kappa shape index (κ3) is 4.32. The molecule has 14 heteroatoms. The van der Waals surface area contributed by atoms with E-state index in [4.69, 9.17) is 16.1 Å². The first kappa shape index (κ1) is 25.6. The highest BCUT2D eigenvalue weighted by atomic mass is 35.5. The lowest BCUT2D eigenvalue weighted by molar-refractivity contribution is 0.199. The smallest absolute Gasteiger partial charge is 0.410 e. The molecular weight excluding hydrogens is 518 g/mol. The van der Waals surface area contributed by atoms with Crippen molar-refractivity contribution in [3.8, 4) is 22.8 Å². The molecule has 0 radical (unpaired) electrons. The number of nitrogens with zero attached hydrogens (tertiary/aromatic N) is 5. The number of hydrogen-bond acceptors (Lipinski definition) is 8. The van der Waals surface area contributed by atoms with E-state index in [9.17, 15) is 18.5 Å². The lowest BCUT2D eigenvalue weighted by Gasteiger charge is -2.41. The number of amides is 1. The molecule has 36 heavy (non-hydrogen) atoms. The number of benzene rings is 1. The summed E-state index contributed by atoms with van der Waals surface area (Å²) < 4.78 is 51.7. The van der Waals surface area contributed by atoms with Gasteiger partial charge in [-0.2, -0.15) is 0 Å². The largest absolute Gasteiger partial charge is 0.465 e. The van der Waals surface area contributed by atoms with Gasteiger partial charge in [-0.1, -0.05) is 16.8 Å². The molecule has 0 bridgehead atoms. The van der Waals surface area contributed by atoms with E-state index in [2.05, 4.69) is 29.8 Å². The van der Waals surface area contributed by atoms with Crippen LogP contribution in [0.2, 0.25) is 5.02 Å². The van der Waals surface area contributed by atoms with Crippen molar-refractivity contribution in [2.75, 3.05) is 19.5 Å². The summed E-state index contributed by atoms with van der Waals surface area (Å²) in [6.07, 6.45) is 1.30. The summed E-state index contributed by atoms with van der Waals surface area (Å²) in [6, 6.07) is 5.30. The van der Waals surface area contributed by atoms with Crippen LogP contribution in [0, 0.1) is 5.82 Å². The Hall–Kier alpha value is -3.45. The van der Waals surface area contributed by atoms with Crippen LogP contribution in [0.4, 0.5) is 13.6 Å². The highest BCUT2D eigenvalue weighted by Gasteiger charge is 2.51. The molecule has 10 nitrogen and oxygen atoms in total. The minimum absolute atomic E-state index is 0.198. The van der Waals surface area contributed by atoms with Crippen molar-refractivity contribution in [1.82, 2.24) is 20.4 Å². The third-order valence-electron chi connectivity index (χ3n) is 5.98. The van der Waals surface area contributed by atoms with E-state index in [0.29, 0.717) is 10.6 Å². The van der Waals surface area contributed by atoms with E-state index in [1.807, 2.05) is 0 Å². The minimum Gasteiger partial charge on any atom is -0.465 e. The Kier molecular flexibility index (Phi) is 6.56. The van der Waals surface area contributed by atoms with E-state index < -0.39 is 44.4 Å². The summed E-state index contributed by atoms with van der Waals surface area (Å²) in [5.74, 6) is -1.13. The summed E-state index contributed by atoms with van der Waals surface area (Å²) in [6.45, 7) is 1.71. The maximum Gasteiger partial charge on any atom is 0.410 e. The first-order valence-corrected chi connectivity index (χ1v) is 12.5. The van der Waals surface area contributed by atoms with Crippen molar-refractivity contribution >= 4 is 33.3 Å². The number of nitrogens with one attached hydrogen (secondary N) is 1. The van der Waals surface area contributed by atoms with Crippen LogP contribution in [0.3, 0.4) is 0 Å². The number of rotatable bonds is 4. The first-order chi connectivity index (χ1) is 16.9. The van der Waals surface area contributed by atoms with Crippen molar-refractivity contribution in [3.05, 3.63) is 53.1 Å². The van der Waals surface area contributed by atoms with Gasteiger partial charge in [0, 0.05) is 36.6 Å². The van der Waals surface area contributed by atoms with Gasteiger partial charge in [-0.3, -0.25) is 10.3 Å². The van der Waals surface area contributed by atoms with E-state index >= 15 is 4.39 Å². The monoisotopic (exact) mass is 538 g/mol. The topological polar surface area (TPSA) is 143 Å². The number of aromatic nitrogens is 3. The minimum atomic E-state index is -3.30. The molecule has 2 atom stereocenters. The Morgan fingerprint density at radius 2 is 2.00 bits per heavy atom. The number of alkyl halides is 1. The van der Waals surface area contributed by atoms with Crippen molar-refractivity contribution in [2.45, 2.75) is 24.1 Å². The number of aliphatic imine (C=N–C) groups is 1. The zero-order valence-electron chi connectivity index (χ0n) is 19.3. The normalized spacial score (nSPS) is 23.1. The van der Waals surface area contributed by atoms with E-state index in [1.165, 1.54) is 51.5 Å². The van der Waals surface area contributed by atoms with Gasteiger partial charge in [-0.25, -0.2) is 32.1 Å². The highest BCUT2D eigenvalue weighted by Crippen LogP contribution is 2.41. The Balaban J connectivity index is 1.85. The number of hydrogen-bond donors (Lipinski definition) is 2. The Bertz CT molecular complexity index is 1480. The van der Waals surface area contributed by atoms with Crippen LogP contribution in [0.1, 0.15) is 19.4 Å². The summed E-state index contributed by atoms with van der Waals surface area (Å²) in [7, 11) is -2.01. The molecule has 0 saturated carbocycles. The van der Waals surface area contributed by atoms with E-state index in [-0.39, 0.29) is 28.7 Å². The Morgan fingerprint density at radius 1 is 1.31 bits per heavy atom. The summed E-state index contributed by atoms with van der Waals surface area (Å²) in [5.41, 5.74) is -1.64. The summed E-state index contributed by atoms with van der Waals surface area (Å²) >= 11 is 5.81. The lowest BCUT2D eigenvalue weighted by atomic mass is 9.90. The molecule has 1 aliphatic rings. The van der Waals surface area contributed by atoms with Gasteiger partial charge in [-0.05, 0) is 32.0 Å². The highest BCUT2D eigenvalue weighted by molar-refractivity contribution is 7.95. The van der Waals surface area contributed by atoms with Crippen molar-refractivity contribution in [3.63, 3.8) is 0 Å². The van der Waals surface area contributed by atoms with Gasteiger partial charge >= 0.3 is 6.09 Å². The molecule has 3 heterocycles. The maximum atomic E-state index is 15.2. The van der Waals surface area contributed by atoms with Gasteiger partial charge in [0.1, 0.15) is 28.6 Å². The van der Waals surface area contributed by atoms with Crippen LogP contribution in [0.15, 0.2) is 50.5 Å². The van der Waals surface area contributed by atoms with Crippen LogP contribution in [-0.4, -0.2) is 60.6 Å². The van der Waals surface area contributed by atoms with E-state index in [0.717, 1.165) is 6.07 Å². The zero-order valence-corrected chi connectivity index (χ0v) is 20.9. The molecule has 0 fully saturated rings. The van der Waals surface area contributed by atoms with Gasteiger partial charge in [-0.15, -0.1) is 0 Å². The van der Waals surface area contributed by atoms with Gasteiger partial charge in [0.2, 0.25) is 0 Å². The molecule has 0 spiro atoms. The predicted molar refractivity (Wildman–Crippen MR) is 130 cm³/mol. The average molecular weight is 539 g/mol. The number of carbonyl (C=O) groups is 1. The molecule has 1 aliphatic heterocycles. The van der Waals surface area contributed by atoms with E-state index in [1.54, 1.807) is 0 Å². The Morgan fingerprint density at radius 3 is 2.61 bits per heavy atom. The summed E-state index contributed by atoms with van der Waals surface area (Å²) in [5, 5.41) is 15.6. The standard InChI is InChI=1S/C22H21ClF2N6O4S/c1-21(2)19(29-20(32)33)30-22(10-24,11-36(21,34)26-3)14-6-12(4-5-15(14)25)17-7-16(31-35-17)18-27-8-13(23)9-28-18/h4-9H,10-11H2,1-3H3,(H,29,30)(H,32,33)/t22-,36-/m0/s1. The third-order valence-corrected chi connectivity index (χ3v) is 9.42. The van der Waals surface area contributed by atoms with Gasteiger partial charge < -0.3 is 9.63 Å². The maximum absolute atomic E-state index is 15.2. The fourth-order valence-corrected chi connectivity index (χ4v) is 6.27. The molecule has 2 N–H and O–H groups in total. The lowest BCUT2D eigenvalue weighted by Crippen LogP contribution is -2.58. The predicted octanol–water partition coefficient (Wildman–Crippen LogP) is 4.31. The van der Waals surface area contributed by atoms with Crippen molar-refractivity contribution < 1.29 is 27.4 Å². The van der Waals surface area contributed by atoms with Gasteiger partial charge in [0.15, 0.2) is 17.3 Å². The fraction of sp³-hybridized carbons (Fsp3) is 0.318. The average Bonchev–Trinajstić information content (AvgIpc) is 3.33. The molecule has 190 valence electrons. The molecule has 1 amide bonds. The van der Waals surface area contributed by atoms with Crippen LogP contribution >= 0.6 is 11.6 Å². The SMILES string of the molecule is CN=[S@]1(=O)C[C@@](CF)(c2cc(-c3cc(-c4ncc(Cl)cn4)no3)ccc2F)N=C(NC(=O)O)C1(C)C. The van der Waals surface area contributed by atoms with Crippen molar-refractivity contribution in [1.29, 1.82) is 0 Å². The first-order valence-electron chi connectivity index (χ1n) is 10.5. The molecule has 1 aromatic carbocycles. The second kappa shape index (κ2) is 9.21. The van der Waals surface area contributed by atoms with Crippen LogP contribution in [0.25, 0.3) is 22.8 Å². The van der Waals surface area contributed by atoms with Crippen LogP contribution < -0.4 is 5.32 Å². The molecule has 0 aliphatic carbocycles. The number of carboxylic acid groups (broad SMARTS) is 1. The second-order valence-electron chi connectivity index (χ2n) is 8.53. The molecule has 2 aromatic heterocycles. The van der Waals surface area contributed by atoms with Crippen LogP contribution in [0.5, 0.6) is 0 Å². The molecule has 0 saturated heterocycles. The molecule has 0 unspecified atom stereocenters. The van der Waals surface area contributed by atoms with Crippen molar-refractivity contribution in [2.24, 2.45) is 9.36 Å². The van der Waals surface area contributed by atoms with Gasteiger partial charge in [0.05, 0.1) is 20.5 Å². The second-order valence-corrected chi connectivity index (χ2v) is 11.9. The fourth-order valence-electron chi connectivity index (χ4n) is 3.88. The number of amidine groups is 1. The molecular formula is C22H21ClF2N6O4S. The van der Waals surface area contributed by atoms with Gasteiger partial charge in [0.25, 0.3) is 0 Å². The molecule has 4 rings (SSSR count). The quantitative estimate of drug-likeness (QED) is 0.503.